The van der Waals surface area contributed by atoms with Gasteiger partial charge in [0.25, 0.3) is 30.1 Å². The van der Waals surface area contributed by atoms with Crippen LogP contribution in [0.5, 0.6) is 0 Å². The Morgan fingerprint density at radius 1 is 0.513 bits per heavy atom. The third kappa shape index (κ3) is 26.3. The van der Waals surface area contributed by atoms with E-state index in [1.807, 2.05) is 33.9 Å². The number of rotatable bonds is 23. The zero-order valence-electron chi connectivity index (χ0n) is 67.7. The number of H-pyrrole nitrogens is 4. The van der Waals surface area contributed by atoms with Gasteiger partial charge < -0.3 is 92.0 Å². The number of aldehydes is 1. The smallest absolute Gasteiger partial charge is 0.337 e. The molecule has 0 bridgehead atoms. The minimum absolute atomic E-state index is 0.0217. The number of amides is 6. The first-order valence-corrected chi connectivity index (χ1v) is 37.6. The number of nitrogens with two attached hydrogens (primary N) is 1. The molecule has 115 heavy (non-hydrogen) atoms. The fourth-order valence-corrected chi connectivity index (χ4v) is 12.7. The Kier molecular flexibility index (Phi) is 37.1. The van der Waals surface area contributed by atoms with Crippen molar-refractivity contribution in [1.82, 2.24) is 45.3 Å². The number of ether oxygens (including phenoxy) is 1. The molecule has 4 aliphatic rings. The van der Waals surface area contributed by atoms with Crippen LogP contribution in [0.15, 0.2) is 85.2 Å². The maximum absolute atomic E-state index is 13.7. The molecule has 12 rings (SSSR count). The van der Waals surface area contributed by atoms with E-state index in [2.05, 4.69) is 113 Å². The van der Waals surface area contributed by atoms with Crippen LogP contribution in [0.3, 0.4) is 0 Å². The summed E-state index contributed by atoms with van der Waals surface area (Å²) < 4.78 is 56.5. The number of hydrogen-bond donors (Lipinski definition) is 13. The van der Waals surface area contributed by atoms with E-state index < -0.39 is 41.2 Å². The van der Waals surface area contributed by atoms with Gasteiger partial charge in [-0.2, -0.15) is 0 Å². The molecular formula is C84H106F4N14O13. The van der Waals surface area contributed by atoms with Crippen molar-refractivity contribution in [2.24, 2.45) is 5.73 Å². The largest absolute Gasteiger partial charge is 0.478 e. The second-order valence-electron chi connectivity index (χ2n) is 26.6. The molecule has 0 aliphatic carbocycles. The third-order valence-corrected chi connectivity index (χ3v) is 19.0. The average molecular weight is 1600 g/mol. The van der Waals surface area contributed by atoms with Gasteiger partial charge in [-0.25, -0.2) is 27.2 Å². The van der Waals surface area contributed by atoms with Gasteiger partial charge in [-0.1, -0.05) is 41.5 Å². The number of carboxylic acids is 2. The highest BCUT2D eigenvalue weighted by atomic mass is 19.1. The van der Waals surface area contributed by atoms with Crippen LogP contribution in [0.1, 0.15) is 174 Å². The first-order valence-electron chi connectivity index (χ1n) is 37.6. The summed E-state index contributed by atoms with van der Waals surface area (Å²) in [5.41, 5.74) is 19.6. The van der Waals surface area contributed by atoms with Crippen LogP contribution in [-0.4, -0.2) is 190 Å². The molecule has 27 nitrogen and oxygen atoms in total. The van der Waals surface area contributed by atoms with Crippen molar-refractivity contribution >= 4 is 106 Å². The van der Waals surface area contributed by atoms with Crippen LogP contribution in [0.2, 0.25) is 0 Å². The number of likely N-dealkylation sites (N-methyl/N-ethyl adjacent to an activating group) is 3. The molecule has 14 N–H and O–H groups in total. The number of carbonyl (C=O) groups is 10. The maximum Gasteiger partial charge on any atom is 0.337 e. The van der Waals surface area contributed by atoms with Crippen molar-refractivity contribution in [3.8, 4) is 0 Å². The molecule has 1 unspecified atom stereocenters. The summed E-state index contributed by atoms with van der Waals surface area (Å²) in [6.07, 6.45) is 7.60. The molecular weight excluding hydrogens is 1490 g/mol. The summed E-state index contributed by atoms with van der Waals surface area (Å²) in [6.45, 7) is 40.7. The molecule has 0 saturated carbocycles. The van der Waals surface area contributed by atoms with Gasteiger partial charge in [0, 0.05) is 120 Å². The van der Waals surface area contributed by atoms with Crippen LogP contribution in [0.4, 0.5) is 40.3 Å². The van der Waals surface area contributed by atoms with Gasteiger partial charge in [0.15, 0.2) is 0 Å². The van der Waals surface area contributed by atoms with Gasteiger partial charge in [-0.05, 0) is 220 Å². The van der Waals surface area contributed by atoms with Crippen LogP contribution in [0, 0.1) is 78.7 Å². The van der Waals surface area contributed by atoms with Crippen molar-refractivity contribution in [2.75, 3.05) is 106 Å². The second kappa shape index (κ2) is 45.6. The van der Waals surface area contributed by atoms with E-state index in [1.165, 1.54) is 60.7 Å². The lowest BCUT2D eigenvalue weighted by Gasteiger charge is -2.18. The number of benzene rings is 4. The molecule has 0 saturated heterocycles. The van der Waals surface area contributed by atoms with Crippen LogP contribution in [-0.2, 0) is 39.9 Å². The van der Waals surface area contributed by atoms with E-state index >= 15 is 0 Å². The van der Waals surface area contributed by atoms with Crippen LogP contribution >= 0.6 is 0 Å². The molecule has 0 fully saturated rings. The predicted molar refractivity (Wildman–Crippen MR) is 438 cm³/mol. The summed E-state index contributed by atoms with van der Waals surface area (Å²) in [5.74, 6) is -5.54. The third-order valence-electron chi connectivity index (χ3n) is 19.0. The number of nitrogens with zero attached hydrogens (tertiary/aromatic N) is 3. The van der Waals surface area contributed by atoms with Gasteiger partial charge in [-0.3, -0.25) is 33.6 Å². The Morgan fingerprint density at radius 3 is 1.30 bits per heavy atom. The zero-order valence-corrected chi connectivity index (χ0v) is 67.7. The van der Waals surface area contributed by atoms with Gasteiger partial charge >= 0.3 is 11.9 Å². The number of aromatic nitrogens is 4. The Bertz CT molecular complexity index is 4770. The normalized spacial score (nSPS) is 13.6. The number of anilines is 4. The summed E-state index contributed by atoms with van der Waals surface area (Å²) in [4.78, 5) is 131. The molecule has 6 amide bonds. The molecule has 0 radical (unpaired) electrons. The summed E-state index contributed by atoms with van der Waals surface area (Å²) in [7, 11) is 0. The topological polar surface area (TPSA) is 391 Å². The highest BCUT2D eigenvalue weighted by molar-refractivity contribution is 6.35. The van der Waals surface area contributed by atoms with E-state index in [0.29, 0.717) is 123 Å². The Balaban J connectivity index is 0.000000246. The van der Waals surface area contributed by atoms with Gasteiger partial charge in [0.1, 0.15) is 35.5 Å². The molecule has 31 heteroatoms. The SMILES string of the molecule is CCN(CC)CCN.CCN(CC)CCNC(=O)c1c(C)[nH]c(/C=C2\C(=O)Nc3ccc(F)cc32)c1C.CCN(CC)CCNC(=O)c1c(C)c[nH]c1C.CCOC=O.Cc1[nH]c(/C=C2\C(=O)Nc3ccc(F)cc32)c(C)c1C(=O)O.Cc1c[nH]c(C)c1C(=O)O.O=C1Cc2cc(F)ccc2N1.O=CC1C(=O)Nc2ccc(F)cc21. The predicted octanol–water partition coefficient (Wildman–Crippen LogP) is 12.2. The monoisotopic (exact) mass is 1590 g/mol. The Morgan fingerprint density at radius 2 is 0.922 bits per heavy atom. The van der Waals surface area contributed by atoms with E-state index in [-0.39, 0.29) is 40.9 Å². The average Bonchev–Trinajstić information content (AvgIpc) is 1.64. The maximum atomic E-state index is 13.7. The lowest BCUT2D eigenvalue weighted by atomic mass is 10.0. The summed E-state index contributed by atoms with van der Waals surface area (Å²) >= 11 is 0. The van der Waals surface area contributed by atoms with Crippen molar-refractivity contribution in [1.29, 1.82) is 0 Å². The fraction of sp³-hybridized carbons (Fsp3) is 0.357. The van der Waals surface area contributed by atoms with Gasteiger partial charge in [0.2, 0.25) is 11.8 Å². The number of fused-ring (bicyclic) bond motifs is 4. The van der Waals surface area contributed by atoms with Gasteiger partial charge in [0.05, 0.1) is 46.4 Å². The standard InChI is InChI=1S/C22H27FN4O2.C16H13FN2O3.C13H23N3O.C9H6FNO2.C8H6FNO.C7H9NO2.C6H16N2.C3H6O2/c1-5-27(6-2)10-9-24-22(29)20-13(3)19(25-14(20)4)12-17-16-11-15(23)7-8-18(16)26-21(17)28;1-7-13(18-8(2)14(7)16(21)22)6-11-10-5-9(17)3-4-12(10)19-15(11)20;1-5-16(6-2)8-7-14-13(17)12-10(3)9-15-11(12)4;10-5-1-2-8-6(3-5)7(4-12)9(13)11-8;9-6-1-2-7-5(3-6)4-8(11)10-7;1-4-3-8-5(2)6(4)7(9)10;1-3-8(4-2)6-5-7;1-2-5-3-4/h7-8,11-12,25H,5-6,9-10H2,1-4H3,(H,24,29)(H,26,28);3-6,18H,1-2H3,(H,19,20)(H,21,22);9,15H,5-8H2,1-4H3,(H,14,17);1-4,7H,(H,11,13);1-3H,4H2,(H,10,11);3,8H,1-2H3,(H,9,10);3-7H2,1-2H3;3H,2H2,1H3/b17-12-;11-6-;;;;;;. The number of aryl methyl sites for hydroxylation is 6. The number of hydrogen-bond acceptors (Lipinski definition) is 15. The molecule has 4 aromatic carbocycles. The molecule has 618 valence electrons. The lowest BCUT2D eigenvalue weighted by molar-refractivity contribution is -0.128. The van der Waals surface area contributed by atoms with E-state index in [9.17, 15) is 70.6 Å². The first kappa shape index (κ1) is 93.5. The van der Waals surface area contributed by atoms with Crippen molar-refractivity contribution in [3.05, 3.63) is 209 Å². The molecule has 8 aromatic rings. The first-order chi connectivity index (χ1) is 54.7. The van der Waals surface area contributed by atoms with Crippen molar-refractivity contribution < 1.29 is 80.5 Å². The van der Waals surface area contributed by atoms with E-state index in [0.717, 1.165) is 110 Å². The van der Waals surface area contributed by atoms with Crippen LogP contribution < -0.4 is 37.6 Å². The number of nitrogens with one attached hydrogen (secondary N) is 10. The zero-order chi connectivity index (χ0) is 85.5. The molecule has 0 spiro atoms. The minimum Gasteiger partial charge on any atom is -0.478 e. The molecule has 4 aromatic heterocycles. The van der Waals surface area contributed by atoms with Gasteiger partial charge in [-0.15, -0.1) is 0 Å². The quantitative estimate of drug-likeness (QED) is 0.0122. The molecule has 4 aliphatic heterocycles. The number of carbonyl (C=O) groups excluding carboxylic acids is 8. The summed E-state index contributed by atoms with van der Waals surface area (Å²) in [6, 6.07) is 16.4. The number of halogens is 4. The summed E-state index contributed by atoms with van der Waals surface area (Å²) in [5, 5.41) is 34.2. The van der Waals surface area contributed by atoms with Crippen LogP contribution in [0.25, 0.3) is 23.3 Å². The fourth-order valence-electron chi connectivity index (χ4n) is 12.7. The molecule has 1 atom stereocenters. The molecule has 8 heterocycles. The number of aromatic carboxylic acids is 2. The highest BCUT2D eigenvalue weighted by Gasteiger charge is 2.31. The van der Waals surface area contributed by atoms with Crippen molar-refractivity contribution in [2.45, 2.75) is 116 Å². The Hall–Kier alpha value is -12.1. The van der Waals surface area contributed by atoms with E-state index in [1.54, 1.807) is 65.1 Å². The van der Waals surface area contributed by atoms with E-state index in [4.69, 9.17) is 10.8 Å². The second-order valence-corrected chi connectivity index (χ2v) is 26.6. The van der Waals surface area contributed by atoms with Crippen molar-refractivity contribution in [3.63, 3.8) is 0 Å². The lowest BCUT2D eigenvalue weighted by Crippen LogP contribution is -2.35. The minimum atomic E-state index is -1.03. The number of aromatic amines is 4. The number of carboxylic acid groups (broad SMARTS) is 2. The Labute approximate surface area is 666 Å². The highest BCUT2D eigenvalue weighted by Crippen LogP contribution is 2.37.